The highest BCUT2D eigenvalue weighted by Gasteiger charge is 1.98. The normalized spacial score (nSPS) is 10.3. The highest BCUT2D eigenvalue weighted by Crippen LogP contribution is 2.14. The summed E-state index contributed by atoms with van der Waals surface area (Å²) in [4.78, 5) is 0. The second-order valence-electron chi connectivity index (χ2n) is 5.94. The van der Waals surface area contributed by atoms with Crippen LogP contribution in [0.1, 0.15) is 64.7 Å². The predicted molar refractivity (Wildman–Crippen MR) is 104 cm³/mol. The van der Waals surface area contributed by atoms with Gasteiger partial charge in [-0.3, -0.25) is 0 Å². The van der Waals surface area contributed by atoms with Crippen LogP contribution in [0.3, 0.4) is 0 Å². The molecule has 0 aliphatic heterocycles. The maximum Gasteiger partial charge on any atom is 0.170 e. The number of benzene rings is 1. The molecule has 2 N–H and O–H groups in total. The summed E-state index contributed by atoms with van der Waals surface area (Å²) in [6, 6.07) is 7.77. The van der Waals surface area contributed by atoms with E-state index in [1.807, 2.05) is 24.3 Å². The molecule has 0 radical (unpaired) electrons. The number of nitrogens with one attached hydrogen (secondary N) is 2. The van der Waals surface area contributed by atoms with Gasteiger partial charge in [-0.25, -0.2) is 0 Å². The molecule has 0 saturated heterocycles. The lowest BCUT2D eigenvalue weighted by Gasteiger charge is -2.11. The zero-order chi connectivity index (χ0) is 16.8. The average Bonchev–Trinajstić information content (AvgIpc) is 2.57. The summed E-state index contributed by atoms with van der Waals surface area (Å²) in [5, 5.41) is 7.15. The highest BCUT2D eigenvalue weighted by molar-refractivity contribution is 7.80. The van der Waals surface area contributed by atoms with Crippen LogP contribution in [0.5, 0.6) is 5.75 Å². The number of unbranched alkanes of at least 4 members (excludes halogenated alkanes) is 8. The van der Waals surface area contributed by atoms with Crippen molar-refractivity contribution in [2.45, 2.75) is 64.7 Å². The van der Waals surface area contributed by atoms with Gasteiger partial charge in [0.15, 0.2) is 5.11 Å². The lowest BCUT2D eigenvalue weighted by atomic mass is 10.1. The van der Waals surface area contributed by atoms with Gasteiger partial charge in [-0.2, -0.15) is 0 Å². The number of rotatable bonds is 12. The third-order valence-corrected chi connectivity index (χ3v) is 4.16. The molecule has 0 aromatic heterocycles. The summed E-state index contributed by atoms with van der Waals surface area (Å²) in [5.74, 6) is 0.851. The zero-order valence-corrected chi connectivity index (χ0v) is 15.5. The lowest BCUT2D eigenvalue weighted by Crippen LogP contribution is -2.29. The molecule has 0 bridgehead atoms. The van der Waals surface area contributed by atoms with Gasteiger partial charge in [0.2, 0.25) is 0 Å². The summed E-state index contributed by atoms with van der Waals surface area (Å²) in [7, 11) is 1.67. The van der Waals surface area contributed by atoms with Crippen LogP contribution in [0.4, 0.5) is 5.69 Å². The van der Waals surface area contributed by atoms with E-state index in [2.05, 4.69) is 17.6 Å². The number of anilines is 1. The monoisotopic (exact) mass is 336 g/mol. The van der Waals surface area contributed by atoms with E-state index in [-0.39, 0.29) is 0 Å². The fraction of sp³-hybridized carbons (Fsp3) is 0.632. The van der Waals surface area contributed by atoms with E-state index in [0.717, 1.165) is 18.0 Å². The van der Waals surface area contributed by atoms with Crippen molar-refractivity contribution in [3.8, 4) is 5.75 Å². The third-order valence-electron chi connectivity index (χ3n) is 3.91. The van der Waals surface area contributed by atoms with Crippen LogP contribution in [0.15, 0.2) is 24.3 Å². The molecule has 0 fully saturated rings. The van der Waals surface area contributed by atoms with Crippen LogP contribution in [-0.2, 0) is 0 Å². The molecular weight excluding hydrogens is 304 g/mol. The molecule has 1 aromatic rings. The van der Waals surface area contributed by atoms with Gasteiger partial charge in [-0.15, -0.1) is 0 Å². The quantitative estimate of drug-likeness (QED) is 0.389. The molecule has 0 aliphatic rings. The minimum absolute atomic E-state index is 0.690. The van der Waals surface area contributed by atoms with Crippen molar-refractivity contribution in [2.75, 3.05) is 19.0 Å². The molecular formula is C19H32N2OS. The number of methoxy groups -OCH3 is 1. The molecule has 4 heteroatoms. The zero-order valence-electron chi connectivity index (χ0n) is 14.7. The highest BCUT2D eigenvalue weighted by atomic mass is 32.1. The smallest absolute Gasteiger partial charge is 0.170 e. The van der Waals surface area contributed by atoms with Gasteiger partial charge in [-0.1, -0.05) is 58.3 Å². The van der Waals surface area contributed by atoms with Gasteiger partial charge in [0.05, 0.1) is 7.11 Å². The van der Waals surface area contributed by atoms with Crippen LogP contribution in [-0.4, -0.2) is 18.8 Å². The van der Waals surface area contributed by atoms with Crippen molar-refractivity contribution in [1.29, 1.82) is 0 Å². The minimum atomic E-state index is 0.690. The summed E-state index contributed by atoms with van der Waals surface area (Å²) >= 11 is 5.30. The Bertz CT molecular complexity index is 420. The van der Waals surface area contributed by atoms with Gasteiger partial charge in [0.1, 0.15) is 5.75 Å². The molecule has 1 aromatic carbocycles. The van der Waals surface area contributed by atoms with Gasteiger partial charge in [-0.05, 0) is 42.9 Å². The minimum Gasteiger partial charge on any atom is -0.497 e. The van der Waals surface area contributed by atoms with Crippen LogP contribution in [0, 0.1) is 0 Å². The first-order valence-corrected chi connectivity index (χ1v) is 9.36. The molecule has 0 heterocycles. The molecule has 0 aliphatic carbocycles. The van der Waals surface area contributed by atoms with Crippen molar-refractivity contribution >= 4 is 23.0 Å². The number of hydrogen-bond donors (Lipinski definition) is 2. The second kappa shape index (κ2) is 13.2. The van der Waals surface area contributed by atoms with Crippen LogP contribution < -0.4 is 15.4 Å². The first-order valence-electron chi connectivity index (χ1n) is 8.95. The van der Waals surface area contributed by atoms with E-state index >= 15 is 0 Å². The second-order valence-corrected chi connectivity index (χ2v) is 6.35. The lowest BCUT2D eigenvalue weighted by molar-refractivity contribution is 0.415. The largest absolute Gasteiger partial charge is 0.497 e. The molecule has 3 nitrogen and oxygen atoms in total. The van der Waals surface area contributed by atoms with E-state index in [9.17, 15) is 0 Å². The van der Waals surface area contributed by atoms with Crippen LogP contribution in [0.25, 0.3) is 0 Å². The molecule has 0 unspecified atom stereocenters. The SMILES string of the molecule is CCCCCCCCCCCNC(=S)Nc1ccc(OC)cc1. The Kier molecular flexibility index (Phi) is 11.3. The van der Waals surface area contributed by atoms with E-state index in [4.69, 9.17) is 17.0 Å². The van der Waals surface area contributed by atoms with Crippen molar-refractivity contribution in [3.63, 3.8) is 0 Å². The maximum atomic E-state index is 5.30. The van der Waals surface area contributed by atoms with Crippen molar-refractivity contribution in [2.24, 2.45) is 0 Å². The van der Waals surface area contributed by atoms with Crippen molar-refractivity contribution in [3.05, 3.63) is 24.3 Å². The molecule has 130 valence electrons. The van der Waals surface area contributed by atoms with Gasteiger partial charge < -0.3 is 15.4 Å². The first-order chi connectivity index (χ1) is 11.3. The summed E-state index contributed by atoms with van der Waals surface area (Å²) < 4.78 is 5.14. The van der Waals surface area contributed by atoms with E-state index in [1.165, 1.54) is 57.8 Å². The first kappa shape index (κ1) is 19.8. The molecule has 23 heavy (non-hydrogen) atoms. The Morgan fingerprint density at radius 2 is 1.48 bits per heavy atom. The average molecular weight is 337 g/mol. The Balaban J connectivity index is 1.97. The third kappa shape index (κ3) is 10.2. The molecule has 0 amide bonds. The number of ether oxygens (including phenoxy) is 1. The predicted octanol–water partition coefficient (Wildman–Crippen LogP) is 5.51. The maximum absolute atomic E-state index is 5.30. The molecule has 1 rings (SSSR count). The Morgan fingerprint density at radius 1 is 0.913 bits per heavy atom. The summed E-state index contributed by atoms with van der Waals surface area (Å²) in [5.41, 5.74) is 0.982. The Morgan fingerprint density at radius 3 is 2.04 bits per heavy atom. The molecule has 0 spiro atoms. The number of hydrogen-bond acceptors (Lipinski definition) is 2. The number of thiocarbonyl (C=S) groups is 1. The summed E-state index contributed by atoms with van der Waals surface area (Å²) in [6.07, 6.45) is 12.1. The van der Waals surface area contributed by atoms with Crippen molar-refractivity contribution in [1.82, 2.24) is 5.32 Å². The Labute approximate surface area is 147 Å². The molecule has 0 atom stereocenters. The topological polar surface area (TPSA) is 33.3 Å². The Hall–Kier alpha value is -1.29. The summed E-state index contributed by atoms with van der Waals surface area (Å²) in [6.45, 7) is 3.21. The van der Waals surface area contributed by atoms with Gasteiger partial charge >= 0.3 is 0 Å². The fourth-order valence-electron chi connectivity index (χ4n) is 2.49. The van der Waals surface area contributed by atoms with Crippen LogP contribution >= 0.6 is 12.2 Å². The van der Waals surface area contributed by atoms with Gasteiger partial charge in [0.25, 0.3) is 0 Å². The van der Waals surface area contributed by atoms with Crippen LogP contribution in [0.2, 0.25) is 0 Å². The standard InChI is InChI=1S/C19H32N2OS/c1-3-4-5-6-7-8-9-10-11-16-20-19(23)21-17-12-14-18(22-2)15-13-17/h12-15H,3-11,16H2,1-2H3,(H2,20,21,23). The van der Waals surface area contributed by atoms with E-state index in [1.54, 1.807) is 7.11 Å². The molecule has 0 saturated carbocycles. The van der Waals surface area contributed by atoms with Gasteiger partial charge in [0, 0.05) is 12.2 Å². The fourth-order valence-corrected chi connectivity index (χ4v) is 2.71. The van der Waals surface area contributed by atoms with Crippen molar-refractivity contribution < 1.29 is 4.74 Å². The van der Waals surface area contributed by atoms with E-state index in [0.29, 0.717) is 5.11 Å². The van der Waals surface area contributed by atoms with E-state index < -0.39 is 0 Å².